The molecule has 5 nitrogen and oxygen atoms in total. The Bertz CT molecular complexity index is 1330. The topological polar surface area (TPSA) is 55.8 Å². The van der Waals surface area contributed by atoms with Gasteiger partial charge in [-0.1, -0.05) is 32.0 Å². The molecule has 0 unspecified atom stereocenters. The number of anilines is 2. The normalized spacial score (nSPS) is 12.5. The van der Waals surface area contributed by atoms with Crippen LogP contribution in [0.25, 0.3) is 0 Å². The number of hydrogen-bond donors (Lipinski definition) is 0. The molecule has 0 amide bonds. The van der Waals surface area contributed by atoms with Crippen LogP contribution in [-0.4, -0.2) is 27.1 Å². The lowest BCUT2D eigenvalue weighted by molar-refractivity contribution is -0.274. The van der Waals surface area contributed by atoms with Crippen LogP contribution in [0, 0.1) is 3.57 Å². The highest BCUT2D eigenvalue weighted by Gasteiger charge is 2.33. The largest absolute Gasteiger partial charge is 0.573 e. The van der Waals surface area contributed by atoms with Gasteiger partial charge in [-0.25, -0.2) is 12.7 Å². The number of halogens is 4. The fourth-order valence-corrected chi connectivity index (χ4v) is 5.43. The van der Waals surface area contributed by atoms with Crippen LogP contribution in [0.3, 0.4) is 0 Å². The molecule has 0 atom stereocenters. The minimum absolute atomic E-state index is 0.239. The Kier molecular flexibility index (Phi) is 8.19. The van der Waals surface area contributed by atoms with E-state index in [0.717, 1.165) is 9.83 Å². The Morgan fingerprint density at radius 3 is 2.00 bits per heavy atom. The second-order valence-corrected chi connectivity index (χ2v) is 12.2. The summed E-state index contributed by atoms with van der Waals surface area (Å²) in [7, 11) is -3.70. The third-order valence-electron chi connectivity index (χ3n) is 5.37. The van der Waals surface area contributed by atoms with Gasteiger partial charge in [0.25, 0.3) is 0 Å². The highest BCUT2D eigenvalue weighted by molar-refractivity contribution is 14.1. The third-order valence-corrected chi connectivity index (χ3v) is 7.08. The summed E-state index contributed by atoms with van der Waals surface area (Å²) in [5.74, 6) is -0.153. The Balaban J connectivity index is 2.17. The van der Waals surface area contributed by atoms with E-state index in [9.17, 15) is 21.6 Å². The van der Waals surface area contributed by atoms with Crippen molar-refractivity contribution in [2.24, 2.45) is 0 Å². The summed E-state index contributed by atoms with van der Waals surface area (Å²) in [6.45, 7) is 7.25. The van der Waals surface area contributed by atoms with Gasteiger partial charge in [-0.3, -0.25) is 0 Å². The van der Waals surface area contributed by atoms with Crippen molar-refractivity contribution in [2.75, 3.05) is 10.6 Å². The average molecular weight is 633 g/mol. The monoisotopic (exact) mass is 633 g/mol. The first-order valence-electron chi connectivity index (χ1n) is 11.0. The third kappa shape index (κ3) is 7.06. The summed E-state index contributed by atoms with van der Waals surface area (Å²) in [6, 6.07) is 18.2. The van der Waals surface area contributed by atoms with Gasteiger partial charge in [0, 0.05) is 15.1 Å². The summed E-state index contributed by atoms with van der Waals surface area (Å²) in [5, 5.41) is 0. The second-order valence-electron chi connectivity index (χ2n) is 9.09. The smallest absolute Gasteiger partial charge is 0.491 e. The lowest BCUT2D eigenvalue weighted by Gasteiger charge is -2.30. The van der Waals surface area contributed by atoms with Crippen LogP contribution in [0.5, 0.6) is 11.5 Å². The molecule has 0 fully saturated rings. The van der Waals surface area contributed by atoms with Crippen molar-refractivity contribution in [3.05, 3.63) is 81.4 Å². The summed E-state index contributed by atoms with van der Waals surface area (Å²) in [6.07, 6.45) is -4.00. The number of ether oxygens (including phenoxy) is 2. The molecular weight excluding hydrogens is 606 g/mol. The van der Waals surface area contributed by atoms with E-state index in [4.69, 9.17) is 4.74 Å². The zero-order valence-electron chi connectivity index (χ0n) is 20.4. The number of nitrogens with zero attached hydrogens (tertiary/aromatic N) is 1. The fourth-order valence-electron chi connectivity index (χ4n) is 3.78. The van der Waals surface area contributed by atoms with Crippen LogP contribution < -0.4 is 13.8 Å². The SMILES string of the molecule is CC(C)Oc1cc(OC(F)(F)F)cc(C(C)(C)c2cc(I)cc(N(c3ccccc3)S(C)(=O)=O)c2)c1. The molecule has 3 aromatic carbocycles. The Labute approximate surface area is 223 Å². The van der Waals surface area contributed by atoms with Gasteiger partial charge in [-0.05, 0) is 90.0 Å². The van der Waals surface area contributed by atoms with Crippen LogP contribution in [-0.2, 0) is 15.4 Å². The van der Waals surface area contributed by atoms with Gasteiger partial charge in [0.15, 0.2) is 0 Å². The molecule has 194 valence electrons. The quantitative estimate of drug-likeness (QED) is 0.243. The molecule has 0 bridgehead atoms. The average Bonchev–Trinajstić information content (AvgIpc) is 2.71. The first kappa shape index (κ1) is 28.1. The fraction of sp³-hybridized carbons (Fsp3) is 0.308. The van der Waals surface area contributed by atoms with Gasteiger partial charge in [-0.2, -0.15) is 0 Å². The van der Waals surface area contributed by atoms with Gasteiger partial charge in [-0.15, -0.1) is 13.2 Å². The lowest BCUT2D eigenvalue weighted by Crippen LogP contribution is -2.26. The van der Waals surface area contributed by atoms with E-state index in [0.29, 0.717) is 22.5 Å². The standard InChI is InChI=1S/C26H27F3INO4S/c1-17(2)34-23-13-19(14-24(16-23)35-26(27,28)29)25(3,4)18-11-20(30)15-22(12-18)31(36(5,32)33)21-9-7-6-8-10-21/h6-17H,1-5H3. The lowest BCUT2D eigenvalue weighted by atomic mass is 9.78. The van der Waals surface area contributed by atoms with Gasteiger partial charge in [0.05, 0.1) is 23.7 Å². The van der Waals surface area contributed by atoms with Crippen molar-refractivity contribution in [3.8, 4) is 11.5 Å². The van der Waals surface area contributed by atoms with Crippen LogP contribution in [0.1, 0.15) is 38.8 Å². The Morgan fingerprint density at radius 1 is 0.861 bits per heavy atom. The molecule has 10 heteroatoms. The van der Waals surface area contributed by atoms with E-state index in [1.165, 1.54) is 16.4 Å². The molecule has 0 N–H and O–H groups in total. The number of para-hydroxylation sites is 1. The Morgan fingerprint density at radius 2 is 1.44 bits per heavy atom. The van der Waals surface area contributed by atoms with E-state index in [2.05, 4.69) is 27.3 Å². The predicted molar refractivity (Wildman–Crippen MR) is 144 cm³/mol. The van der Waals surface area contributed by atoms with E-state index >= 15 is 0 Å². The molecule has 0 heterocycles. The number of alkyl halides is 3. The van der Waals surface area contributed by atoms with Crippen LogP contribution in [0.15, 0.2) is 66.7 Å². The van der Waals surface area contributed by atoms with Gasteiger partial charge in [0.1, 0.15) is 11.5 Å². The van der Waals surface area contributed by atoms with Crippen molar-refractivity contribution >= 4 is 44.0 Å². The first-order valence-corrected chi connectivity index (χ1v) is 13.9. The number of hydrogen-bond acceptors (Lipinski definition) is 4. The van der Waals surface area contributed by atoms with E-state index < -0.39 is 27.6 Å². The molecule has 0 aliphatic rings. The zero-order valence-corrected chi connectivity index (χ0v) is 23.4. The number of sulfonamides is 1. The maximum atomic E-state index is 13.0. The van der Waals surface area contributed by atoms with E-state index in [1.54, 1.807) is 62.4 Å². The van der Waals surface area contributed by atoms with Crippen molar-refractivity contribution < 1.29 is 31.1 Å². The summed E-state index contributed by atoms with van der Waals surface area (Å²) < 4.78 is 76.6. The van der Waals surface area contributed by atoms with Gasteiger partial charge < -0.3 is 9.47 Å². The molecule has 0 aliphatic carbocycles. The first-order chi connectivity index (χ1) is 16.6. The molecule has 3 rings (SSSR count). The molecule has 0 saturated carbocycles. The van der Waals surface area contributed by atoms with Crippen LogP contribution in [0.4, 0.5) is 24.5 Å². The second kappa shape index (κ2) is 10.5. The minimum atomic E-state index is -4.86. The summed E-state index contributed by atoms with van der Waals surface area (Å²) >= 11 is 2.10. The Hall–Kier alpha value is -2.47. The molecule has 0 radical (unpaired) electrons. The molecule has 0 saturated heterocycles. The maximum Gasteiger partial charge on any atom is 0.573 e. The predicted octanol–water partition coefficient (Wildman–Crippen LogP) is 7.40. The highest BCUT2D eigenvalue weighted by Crippen LogP contribution is 2.40. The zero-order chi connectivity index (χ0) is 26.9. The van der Waals surface area contributed by atoms with Crippen molar-refractivity contribution in [1.29, 1.82) is 0 Å². The van der Waals surface area contributed by atoms with E-state index in [1.807, 2.05) is 19.9 Å². The van der Waals surface area contributed by atoms with E-state index in [-0.39, 0.29) is 11.9 Å². The van der Waals surface area contributed by atoms with Crippen LogP contribution in [0.2, 0.25) is 0 Å². The molecule has 36 heavy (non-hydrogen) atoms. The van der Waals surface area contributed by atoms with Gasteiger partial charge >= 0.3 is 6.36 Å². The van der Waals surface area contributed by atoms with Crippen molar-refractivity contribution in [2.45, 2.75) is 45.6 Å². The maximum absolute atomic E-state index is 13.0. The molecule has 0 aromatic heterocycles. The van der Waals surface area contributed by atoms with Crippen molar-refractivity contribution in [3.63, 3.8) is 0 Å². The van der Waals surface area contributed by atoms with Crippen molar-refractivity contribution in [1.82, 2.24) is 0 Å². The highest BCUT2D eigenvalue weighted by atomic mass is 127. The minimum Gasteiger partial charge on any atom is -0.491 e. The number of benzene rings is 3. The molecular formula is C26H27F3INO4S. The molecule has 3 aromatic rings. The van der Waals surface area contributed by atoms with Crippen LogP contribution >= 0.6 is 22.6 Å². The molecule has 0 spiro atoms. The number of rotatable bonds is 8. The van der Waals surface area contributed by atoms with Gasteiger partial charge in [0.2, 0.25) is 10.0 Å². The summed E-state index contributed by atoms with van der Waals surface area (Å²) in [4.78, 5) is 0. The summed E-state index contributed by atoms with van der Waals surface area (Å²) in [5.41, 5.74) is 1.27. The molecule has 0 aliphatic heterocycles.